The normalized spacial score (nSPS) is 11.0. The number of amides is 1. The van der Waals surface area contributed by atoms with Crippen LogP contribution in [0.2, 0.25) is 5.02 Å². The van der Waals surface area contributed by atoms with Gasteiger partial charge in [0.1, 0.15) is 12.3 Å². The molecule has 4 rings (SSSR count). The lowest BCUT2D eigenvalue weighted by atomic mass is 10.1. The Bertz CT molecular complexity index is 1630. The molecule has 0 spiro atoms. The number of aromatic nitrogens is 1. The van der Waals surface area contributed by atoms with E-state index < -0.39 is 0 Å². The van der Waals surface area contributed by atoms with Crippen molar-refractivity contribution in [3.05, 3.63) is 88.1 Å². The first-order valence-electron chi connectivity index (χ1n) is 14.1. The summed E-state index contributed by atoms with van der Waals surface area (Å²) in [6.07, 6.45) is 0.657. The summed E-state index contributed by atoms with van der Waals surface area (Å²) in [5.41, 5.74) is 10.9. The molecule has 0 aliphatic carbocycles. The maximum Gasteiger partial charge on any atom is 0.325 e. The highest BCUT2D eigenvalue weighted by Crippen LogP contribution is 2.31. The van der Waals surface area contributed by atoms with Crippen LogP contribution in [0.25, 0.3) is 10.9 Å². The van der Waals surface area contributed by atoms with Crippen molar-refractivity contribution >= 4 is 51.7 Å². The lowest BCUT2D eigenvalue weighted by Crippen LogP contribution is -2.27. The molecule has 10 heteroatoms. The molecular weight excluding hydrogens is 568 g/mol. The van der Waals surface area contributed by atoms with Gasteiger partial charge in [-0.25, -0.2) is 0 Å². The second kappa shape index (κ2) is 14.1. The van der Waals surface area contributed by atoms with Crippen molar-refractivity contribution < 1.29 is 23.9 Å². The molecule has 1 aromatic heterocycles. The standard InChI is InChI=1S/C33H37ClN4O5/c1-20(2)19-43-32(40)18-37-29-11-5-22(15-28(29)35)13-14-36-31(39)17-26-21(3)38(30-12-10-25(42-4)16-27(26)30)33(41)23-6-8-24(34)9-7-23/h5-12,15-16,20,37H,13-14,17-19,35H2,1-4H3,(H,36,39). The van der Waals surface area contributed by atoms with Crippen LogP contribution in [0.15, 0.2) is 60.7 Å². The maximum atomic E-state index is 13.5. The predicted molar refractivity (Wildman–Crippen MR) is 170 cm³/mol. The highest BCUT2D eigenvalue weighted by atomic mass is 35.5. The number of hydrogen-bond acceptors (Lipinski definition) is 7. The number of benzene rings is 3. The summed E-state index contributed by atoms with van der Waals surface area (Å²) < 4.78 is 12.2. The number of methoxy groups -OCH3 is 1. The molecule has 0 atom stereocenters. The molecule has 1 heterocycles. The lowest BCUT2D eigenvalue weighted by Gasteiger charge is -2.12. The minimum absolute atomic E-state index is 0.0271. The zero-order valence-electron chi connectivity index (χ0n) is 24.8. The van der Waals surface area contributed by atoms with E-state index in [1.165, 1.54) is 0 Å². The summed E-state index contributed by atoms with van der Waals surface area (Å²) in [5.74, 6) is 0.180. The van der Waals surface area contributed by atoms with Crippen molar-refractivity contribution in [2.24, 2.45) is 5.92 Å². The molecule has 226 valence electrons. The molecule has 1 amide bonds. The fraction of sp³-hybridized carbons (Fsp3) is 0.303. The molecule has 0 aliphatic heterocycles. The number of carbonyl (C=O) groups excluding carboxylic acids is 3. The topological polar surface area (TPSA) is 125 Å². The number of fused-ring (bicyclic) bond motifs is 1. The molecule has 0 radical (unpaired) electrons. The van der Waals surface area contributed by atoms with Crippen LogP contribution in [0.4, 0.5) is 11.4 Å². The number of nitrogens with two attached hydrogens (primary N) is 1. The van der Waals surface area contributed by atoms with E-state index in [-0.39, 0.29) is 36.7 Å². The molecule has 0 saturated carbocycles. The van der Waals surface area contributed by atoms with Gasteiger partial charge in [-0.3, -0.25) is 19.0 Å². The summed E-state index contributed by atoms with van der Waals surface area (Å²) in [4.78, 5) is 38.5. The molecule has 0 unspecified atom stereocenters. The number of nitrogens with one attached hydrogen (secondary N) is 2. The van der Waals surface area contributed by atoms with Crippen LogP contribution in [-0.4, -0.2) is 49.2 Å². The number of halogens is 1. The first kappa shape index (κ1) is 31.4. The van der Waals surface area contributed by atoms with Gasteiger partial charge in [-0.2, -0.15) is 0 Å². The molecule has 9 nitrogen and oxygen atoms in total. The smallest absolute Gasteiger partial charge is 0.325 e. The SMILES string of the molecule is COc1ccc2c(c1)c(CC(=O)NCCc1ccc(NCC(=O)OCC(C)C)c(N)c1)c(C)n2C(=O)c1ccc(Cl)cc1. The van der Waals surface area contributed by atoms with E-state index >= 15 is 0 Å². The van der Waals surface area contributed by atoms with Crippen molar-refractivity contribution in [2.75, 3.05) is 37.9 Å². The third-order valence-electron chi connectivity index (χ3n) is 7.03. The Balaban J connectivity index is 1.41. The van der Waals surface area contributed by atoms with Gasteiger partial charge < -0.3 is 25.8 Å². The van der Waals surface area contributed by atoms with Gasteiger partial charge in [-0.1, -0.05) is 31.5 Å². The van der Waals surface area contributed by atoms with E-state index in [4.69, 9.17) is 26.8 Å². The minimum atomic E-state index is -0.342. The van der Waals surface area contributed by atoms with Gasteiger partial charge in [0.25, 0.3) is 5.91 Å². The number of nitrogen functional groups attached to an aromatic ring is 1. The number of ether oxygens (including phenoxy) is 2. The summed E-state index contributed by atoms with van der Waals surface area (Å²) in [5, 5.41) is 7.30. The monoisotopic (exact) mass is 604 g/mol. The molecule has 43 heavy (non-hydrogen) atoms. The van der Waals surface area contributed by atoms with Gasteiger partial charge in [-0.05, 0) is 85.0 Å². The summed E-state index contributed by atoms with van der Waals surface area (Å²) in [6, 6.07) is 17.7. The summed E-state index contributed by atoms with van der Waals surface area (Å²) in [6.45, 7) is 6.59. The average Bonchev–Trinajstić information content (AvgIpc) is 3.25. The fourth-order valence-electron chi connectivity index (χ4n) is 4.77. The third-order valence-corrected chi connectivity index (χ3v) is 7.28. The quantitative estimate of drug-likeness (QED) is 0.146. The molecule has 0 aliphatic rings. The van der Waals surface area contributed by atoms with Crippen LogP contribution in [-0.2, 0) is 27.2 Å². The van der Waals surface area contributed by atoms with Gasteiger partial charge in [0.15, 0.2) is 0 Å². The molecule has 4 N–H and O–H groups in total. The maximum absolute atomic E-state index is 13.5. The number of rotatable bonds is 12. The Hall–Kier alpha value is -4.50. The van der Waals surface area contributed by atoms with Crippen LogP contribution >= 0.6 is 11.6 Å². The van der Waals surface area contributed by atoms with E-state index in [0.29, 0.717) is 58.5 Å². The van der Waals surface area contributed by atoms with Crippen molar-refractivity contribution in [3.63, 3.8) is 0 Å². The molecule has 0 bridgehead atoms. The zero-order valence-corrected chi connectivity index (χ0v) is 25.6. The van der Waals surface area contributed by atoms with Gasteiger partial charge in [0.2, 0.25) is 5.91 Å². The second-order valence-corrected chi connectivity index (χ2v) is 11.2. The largest absolute Gasteiger partial charge is 0.497 e. The third kappa shape index (κ3) is 7.87. The van der Waals surface area contributed by atoms with Gasteiger partial charge >= 0.3 is 5.97 Å². The van der Waals surface area contributed by atoms with E-state index in [0.717, 1.165) is 16.5 Å². The van der Waals surface area contributed by atoms with Crippen LogP contribution in [0.5, 0.6) is 5.75 Å². The fourth-order valence-corrected chi connectivity index (χ4v) is 4.90. The molecule has 0 saturated heterocycles. The predicted octanol–water partition coefficient (Wildman–Crippen LogP) is 5.39. The lowest BCUT2D eigenvalue weighted by molar-refractivity contribution is -0.142. The highest BCUT2D eigenvalue weighted by Gasteiger charge is 2.22. The van der Waals surface area contributed by atoms with E-state index in [1.54, 1.807) is 42.0 Å². The Morgan fingerprint density at radius 1 is 1.02 bits per heavy atom. The van der Waals surface area contributed by atoms with Crippen LogP contribution in [0, 0.1) is 12.8 Å². The summed E-state index contributed by atoms with van der Waals surface area (Å²) >= 11 is 6.02. The first-order valence-corrected chi connectivity index (χ1v) is 14.5. The molecule has 3 aromatic carbocycles. The Labute approximate surface area is 256 Å². The summed E-state index contributed by atoms with van der Waals surface area (Å²) in [7, 11) is 1.58. The van der Waals surface area contributed by atoms with Crippen molar-refractivity contribution in [1.82, 2.24) is 9.88 Å². The van der Waals surface area contributed by atoms with Crippen LogP contribution in [0.3, 0.4) is 0 Å². The van der Waals surface area contributed by atoms with E-state index in [9.17, 15) is 14.4 Å². The number of hydrogen-bond donors (Lipinski definition) is 3. The Kier molecular flexibility index (Phi) is 10.3. The molecule has 0 fully saturated rings. The van der Waals surface area contributed by atoms with Crippen LogP contribution < -0.4 is 21.1 Å². The van der Waals surface area contributed by atoms with E-state index in [1.807, 2.05) is 51.1 Å². The Morgan fingerprint density at radius 2 is 1.77 bits per heavy atom. The first-order chi connectivity index (χ1) is 20.6. The molecule has 4 aromatic rings. The van der Waals surface area contributed by atoms with Gasteiger partial charge in [0.05, 0.1) is 37.0 Å². The van der Waals surface area contributed by atoms with Crippen molar-refractivity contribution in [2.45, 2.75) is 33.6 Å². The van der Waals surface area contributed by atoms with Gasteiger partial charge in [-0.15, -0.1) is 0 Å². The number of esters is 1. The number of nitrogens with zero attached hydrogens (tertiary/aromatic N) is 1. The Morgan fingerprint density at radius 3 is 2.44 bits per heavy atom. The van der Waals surface area contributed by atoms with Crippen molar-refractivity contribution in [3.8, 4) is 5.75 Å². The van der Waals surface area contributed by atoms with Gasteiger partial charge in [0, 0.05) is 28.2 Å². The van der Waals surface area contributed by atoms with Crippen LogP contribution in [0.1, 0.15) is 41.0 Å². The molecular formula is C33H37ClN4O5. The average molecular weight is 605 g/mol. The number of anilines is 2. The second-order valence-electron chi connectivity index (χ2n) is 10.7. The van der Waals surface area contributed by atoms with Crippen molar-refractivity contribution in [1.29, 1.82) is 0 Å². The van der Waals surface area contributed by atoms with E-state index in [2.05, 4.69) is 10.6 Å². The highest BCUT2D eigenvalue weighted by molar-refractivity contribution is 6.30. The zero-order chi connectivity index (χ0) is 31.1. The number of carbonyl (C=O) groups is 3. The minimum Gasteiger partial charge on any atom is -0.497 e.